The molecule has 44 heavy (non-hydrogen) atoms. The van der Waals surface area contributed by atoms with E-state index in [1.165, 1.54) is 16.7 Å². The SMILES string of the molecule is O=C(O)c1ccc2nc(Cn3cc(F)c(-c4cccc5c4O[C@@H](c4ccc(Cl)cc4Cl)CO5)cc3=O)n(C[C@@H]3CCO3)c2n1. The van der Waals surface area contributed by atoms with Crippen LogP contribution in [-0.2, 0) is 17.8 Å². The van der Waals surface area contributed by atoms with Gasteiger partial charge in [-0.1, -0.05) is 41.4 Å². The molecule has 0 unspecified atom stereocenters. The fourth-order valence-corrected chi connectivity index (χ4v) is 5.89. The summed E-state index contributed by atoms with van der Waals surface area (Å²) in [4.78, 5) is 33.8. The molecule has 7 rings (SSSR count). The second-order valence-corrected chi connectivity index (χ2v) is 11.3. The summed E-state index contributed by atoms with van der Waals surface area (Å²) in [5.41, 5.74) is 1.24. The first-order valence-corrected chi connectivity index (χ1v) is 14.5. The Bertz CT molecular complexity index is 2010. The van der Waals surface area contributed by atoms with Gasteiger partial charge in [-0.2, -0.15) is 0 Å². The van der Waals surface area contributed by atoms with Gasteiger partial charge in [0.15, 0.2) is 28.9 Å². The van der Waals surface area contributed by atoms with Crippen molar-refractivity contribution in [1.29, 1.82) is 0 Å². The monoisotopic (exact) mass is 636 g/mol. The Balaban J connectivity index is 1.23. The third-order valence-corrected chi connectivity index (χ3v) is 8.25. The molecule has 1 saturated heterocycles. The molecule has 5 heterocycles. The van der Waals surface area contributed by atoms with Gasteiger partial charge in [-0.05, 0) is 36.8 Å². The zero-order valence-corrected chi connectivity index (χ0v) is 24.4. The van der Waals surface area contributed by atoms with Gasteiger partial charge in [0.1, 0.15) is 23.8 Å². The molecule has 0 bridgehead atoms. The minimum Gasteiger partial charge on any atom is -0.485 e. The number of ether oxygens (including phenoxy) is 3. The minimum atomic E-state index is -1.17. The molecule has 3 aromatic heterocycles. The van der Waals surface area contributed by atoms with Gasteiger partial charge in [-0.3, -0.25) is 4.79 Å². The van der Waals surface area contributed by atoms with Crippen molar-refractivity contribution < 1.29 is 28.5 Å². The van der Waals surface area contributed by atoms with Crippen LogP contribution < -0.4 is 15.0 Å². The number of rotatable bonds is 7. The van der Waals surface area contributed by atoms with Gasteiger partial charge in [0.2, 0.25) is 0 Å². The Morgan fingerprint density at radius 2 is 1.93 bits per heavy atom. The average molecular weight is 637 g/mol. The van der Waals surface area contributed by atoms with Gasteiger partial charge in [0.05, 0.1) is 19.2 Å². The Labute approximate surface area is 259 Å². The van der Waals surface area contributed by atoms with E-state index in [0.29, 0.717) is 57.1 Å². The molecular weight excluding hydrogens is 614 g/mol. The van der Waals surface area contributed by atoms with E-state index in [2.05, 4.69) is 9.97 Å². The normalized spacial score (nSPS) is 17.4. The van der Waals surface area contributed by atoms with E-state index in [0.717, 1.165) is 12.6 Å². The van der Waals surface area contributed by atoms with Crippen LogP contribution in [-0.4, -0.2) is 49.5 Å². The maximum Gasteiger partial charge on any atom is 0.354 e. The molecule has 0 spiro atoms. The van der Waals surface area contributed by atoms with Crippen molar-refractivity contribution in [2.75, 3.05) is 13.2 Å². The highest BCUT2D eigenvalue weighted by Crippen LogP contribution is 2.45. The van der Waals surface area contributed by atoms with Gasteiger partial charge < -0.3 is 28.5 Å². The number of hydrogen-bond donors (Lipinski definition) is 1. The van der Waals surface area contributed by atoms with Gasteiger partial charge >= 0.3 is 5.97 Å². The fourth-order valence-electron chi connectivity index (χ4n) is 5.36. The van der Waals surface area contributed by atoms with E-state index in [-0.39, 0.29) is 36.3 Å². The van der Waals surface area contributed by atoms with Crippen molar-refractivity contribution in [2.45, 2.75) is 31.7 Å². The first-order valence-electron chi connectivity index (χ1n) is 13.7. The fraction of sp³-hybridized carbons (Fsp3) is 0.226. The summed E-state index contributed by atoms with van der Waals surface area (Å²) in [7, 11) is 0. The summed E-state index contributed by atoms with van der Waals surface area (Å²) >= 11 is 12.5. The van der Waals surface area contributed by atoms with Crippen LogP contribution >= 0.6 is 23.2 Å². The molecule has 224 valence electrons. The Hall–Kier alpha value is -4.45. The van der Waals surface area contributed by atoms with Crippen molar-refractivity contribution >= 4 is 40.3 Å². The highest BCUT2D eigenvalue weighted by atomic mass is 35.5. The Morgan fingerprint density at radius 1 is 1.09 bits per heavy atom. The van der Waals surface area contributed by atoms with Gasteiger partial charge in [0, 0.05) is 45.6 Å². The number of imidazole rings is 1. The van der Waals surface area contributed by atoms with E-state index in [1.807, 2.05) is 0 Å². The maximum absolute atomic E-state index is 15.8. The molecule has 0 saturated carbocycles. The van der Waals surface area contributed by atoms with E-state index < -0.39 is 23.4 Å². The highest BCUT2D eigenvalue weighted by Gasteiger charge is 2.29. The summed E-state index contributed by atoms with van der Waals surface area (Å²) in [6.07, 6.45) is 1.25. The van der Waals surface area contributed by atoms with Crippen molar-refractivity contribution in [1.82, 2.24) is 19.1 Å². The van der Waals surface area contributed by atoms with Crippen LogP contribution in [0.4, 0.5) is 4.39 Å². The summed E-state index contributed by atoms with van der Waals surface area (Å²) in [5.74, 6) is -0.725. The van der Waals surface area contributed by atoms with E-state index >= 15 is 4.39 Å². The lowest BCUT2D eigenvalue weighted by Gasteiger charge is -2.29. The van der Waals surface area contributed by atoms with Crippen molar-refractivity contribution in [3.8, 4) is 22.6 Å². The molecule has 10 nitrogen and oxygen atoms in total. The molecule has 2 aliphatic rings. The van der Waals surface area contributed by atoms with Crippen LogP contribution in [0.25, 0.3) is 22.3 Å². The highest BCUT2D eigenvalue weighted by molar-refractivity contribution is 6.35. The zero-order chi connectivity index (χ0) is 30.5. The maximum atomic E-state index is 15.8. The lowest BCUT2D eigenvalue weighted by Crippen LogP contribution is -2.32. The second-order valence-electron chi connectivity index (χ2n) is 10.5. The predicted octanol–water partition coefficient (Wildman–Crippen LogP) is 5.75. The van der Waals surface area contributed by atoms with Gasteiger partial charge in [-0.15, -0.1) is 0 Å². The molecule has 0 radical (unpaired) electrons. The standard InChI is InChI=1S/C31H23Cl2FN4O6/c32-16-4-5-19(21(33)10-16)26-15-43-25-3-1-2-18(29(25)44-26)20-11-28(39)37(13-22(20)34)14-27-35-23-6-7-24(31(40)41)36-30(23)38(27)12-17-8-9-42-17/h1-7,10-11,13,17,26H,8-9,12,14-15H2,(H,40,41)/t17-,26+/m0/s1. The van der Waals surface area contributed by atoms with Crippen LogP contribution in [0, 0.1) is 5.82 Å². The molecule has 13 heteroatoms. The largest absolute Gasteiger partial charge is 0.485 e. The lowest BCUT2D eigenvalue weighted by molar-refractivity contribution is -0.0591. The Morgan fingerprint density at radius 3 is 2.68 bits per heavy atom. The molecule has 2 aromatic carbocycles. The number of carboxylic acids is 1. The van der Waals surface area contributed by atoms with Crippen LogP contribution in [0.15, 0.2) is 65.6 Å². The number of halogens is 3. The molecule has 2 aliphatic heterocycles. The number of nitrogens with zero attached hydrogens (tertiary/aromatic N) is 4. The lowest BCUT2D eigenvalue weighted by atomic mass is 10.0. The number of para-hydroxylation sites is 1. The summed E-state index contributed by atoms with van der Waals surface area (Å²) < 4.78 is 36.5. The molecule has 5 aromatic rings. The predicted molar refractivity (Wildman–Crippen MR) is 159 cm³/mol. The van der Waals surface area contributed by atoms with E-state index in [4.69, 9.17) is 37.4 Å². The van der Waals surface area contributed by atoms with Gasteiger partial charge in [0.25, 0.3) is 5.56 Å². The summed E-state index contributed by atoms with van der Waals surface area (Å²) in [6, 6.07) is 14.2. The van der Waals surface area contributed by atoms with E-state index in [9.17, 15) is 14.7 Å². The number of carbonyl (C=O) groups is 1. The van der Waals surface area contributed by atoms with Crippen LogP contribution in [0.2, 0.25) is 10.0 Å². The van der Waals surface area contributed by atoms with Gasteiger partial charge in [-0.25, -0.2) is 19.2 Å². The van der Waals surface area contributed by atoms with Crippen molar-refractivity contribution in [3.63, 3.8) is 0 Å². The number of benzene rings is 2. The quantitative estimate of drug-likeness (QED) is 0.240. The molecular formula is C31H23Cl2FN4O6. The third kappa shape index (κ3) is 5.17. The third-order valence-electron chi connectivity index (χ3n) is 7.69. The van der Waals surface area contributed by atoms with Crippen molar-refractivity contribution in [3.05, 3.63) is 104 Å². The molecule has 1 fully saturated rings. The van der Waals surface area contributed by atoms with Crippen LogP contribution in [0.3, 0.4) is 0 Å². The van der Waals surface area contributed by atoms with Crippen LogP contribution in [0.1, 0.15) is 34.4 Å². The number of aromatic nitrogens is 4. The number of hydrogen-bond acceptors (Lipinski definition) is 7. The summed E-state index contributed by atoms with van der Waals surface area (Å²) in [5, 5.41) is 10.3. The number of aromatic carboxylic acids is 1. The van der Waals surface area contributed by atoms with Crippen molar-refractivity contribution in [2.24, 2.45) is 0 Å². The average Bonchev–Trinajstić information content (AvgIpc) is 3.32. The minimum absolute atomic E-state index is 0.0405. The summed E-state index contributed by atoms with van der Waals surface area (Å²) in [6.45, 7) is 1.09. The molecule has 2 atom stereocenters. The molecule has 0 amide bonds. The molecule has 0 aliphatic carbocycles. The first kappa shape index (κ1) is 28.3. The number of pyridine rings is 2. The zero-order valence-electron chi connectivity index (χ0n) is 22.9. The second kappa shape index (κ2) is 11.2. The van der Waals surface area contributed by atoms with E-state index in [1.54, 1.807) is 47.0 Å². The number of fused-ring (bicyclic) bond motifs is 2. The van der Waals surface area contributed by atoms with Crippen LogP contribution in [0.5, 0.6) is 11.5 Å². The first-order chi connectivity index (χ1) is 21.2. The molecule has 1 N–H and O–H groups in total. The smallest absolute Gasteiger partial charge is 0.354 e. The Kier molecular flexibility index (Phi) is 7.23. The number of carboxylic acid groups (broad SMARTS) is 1. The topological polar surface area (TPSA) is 118 Å².